The lowest BCUT2D eigenvalue weighted by molar-refractivity contribution is 0.0731. The molecule has 116 valence electrons. The van der Waals surface area contributed by atoms with Gasteiger partial charge in [0, 0.05) is 44.0 Å². The third-order valence-electron chi connectivity index (χ3n) is 3.99. The van der Waals surface area contributed by atoms with Crippen molar-refractivity contribution in [1.82, 2.24) is 14.8 Å². The van der Waals surface area contributed by atoms with Gasteiger partial charge in [-0.1, -0.05) is 13.3 Å². The zero-order valence-corrected chi connectivity index (χ0v) is 13.0. The van der Waals surface area contributed by atoms with Crippen LogP contribution < -0.4 is 10.9 Å². The summed E-state index contributed by atoms with van der Waals surface area (Å²) in [4.78, 5) is 26.2. The van der Waals surface area contributed by atoms with Gasteiger partial charge in [0.1, 0.15) is 0 Å². The Labute approximate surface area is 126 Å². The van der Waals surface area contributed by atoms with E-state index >= 15 is 0 Å². The highest BCUT2D eigenvalue weighted by Gasteiger charge is 2.21. The maximum atomic E-state index is 12.6. The minimum atomic E-state index is -0.145. The average molecular weight is 291 g/mol. The van der Waals surface area contributed by atoms with E-state index in [9.17, 15) is 9.59 Å². The predicted octanol–water partition coefficient (Wildman–Crippen LogP) is 1.38. The number of aryl methyl sites for hydroxylation is 1. The first-order valence-electron chi connectivity index (χ1n) is 7.81. The molecule has 1 aromatic rings. The zero-order valence-electron chi connectivity index (χ0n) is 13.0. The van der Waals surface area contributed by atoms with Gasteiger partial charge in [-0.25, -0.2) is 0 Å². The summed E-state index contributed by atoms with van der Waals surface area (Å²) in [6.07, 6.45) is 6.12. The number of nitrogens with zero attached hydrogens (tertiary/aromatic N) is 2. The number of aromatic nitrogens is 1. The topological polar surface area (TPSA) is 54.3 Å². The number of carbonyl (C=O) groups excluding carboxylic acids is 1. The second kappa shape index (κ2) is 7.41. The monoisotopic (exact) mass is 291 g/mol. The van der Waals surface area contributed by atoms with E-state index in [1.54, 1.807) is 19.3 Å². The van der Waals surface area contributed by atoms with Crippen molar-refractivity contribution in [2.75, 3.05) is 19.6 Å². The third kappa shape index (κ3) is 4.17. The predicted molar refractivity (Wildman–Crippen MR) is 83.5 cm³/mol. The van der Waals surface area contributed by atoms with Gasteiger partial charge in [0.25, 0.3) is 11.5 Å². The van der Waals surface area contributed by atoms with E-state index in [0.29, 0.717) is 11.6 Å². The van der Waals surface area contributed by atoms with Gasteiger partial charge in [0.2, 0.25) is 0 Å². The van der Waals surface area contributed by atoms with Crippen molar-refractivity contribution in [1.29, 1.82) is 0 Å². The summed E-state index contributed by atoms with van der Waals surface area (Å²) < 4.78 is 1.48. The summed E-state index contributed by atoms with van der Waals surface area (Å²) in [6, 6.07) is 3.53. The Morgan fingerprint density at radius 2 is 2.29 bits per heavy atom. The lowest BCUT2D eigenvalue weighted by atomic mass is 10.0. The molecule has 21 heavy (non-hydrogen) atoms. The molecule has 1 aliphatic heterocycles. The summed E-state index contributed by atoms with van der Waals surface area (Å²) in [6.45, 7) is 4.55. The van der Waals surface area contributed by atoms with Crippen LogP contribution in [0.4, 0.5) is 0 Å². The summed E-state index contributed by atoms with van der Waals surface area (Å²) in [5.74, 6) is -0.0399. The Bertz CT molecular complexity index is 533. The molecule has 1 fully saturated rings. The van der Waals surface area contributed by atoms with Crippen molar-refractivity contribution >= 4 is 5.91 Å². The molecule has 1 aliphatic rings. The maximum Gasteiger partial charge on any atom is 0.254 e. The van der Waals surface area contributed by atoms with E-state index in [2.05, 4.69) is 12.2 Å². The molecular formula is C16H25N3O2. The van der Waals surface area contributed by atoms with Gasteiger partial charge in [-0.2, -0.15) is 0 Å². The van der Waals surface area contributed by atoms with Gasteiger partial charge in [-0.15, -0.1) is 0 Å². The molecule has 0 aliphatic carbocycles. The molecule has 1 N–H and O–H groups in total. The van der Waals surface area contributed by atoms with Gasteiger partial charge in [0.05, 0.1) is 0 Å². The van der Waals surface area contributed by atoms with Gasteiger partial charge in [-0.3, -0.25) is 9.59 Å². The first kappa shape index (κ1) is 15.8. The molecule has 1 saturated heterocycles. The van der Waals surface area contributed by atoms with Crippen LogP contribution in [0.1, 0.15) is 43.0 Å². The average Bonchev–Trinajstić information content (AvgIpc) is 2.50. The molecule has 5 heteroatoms. The van der Waals surface area contributed by atoms with Crippen LogP contribution in [0, 0.1) is 0 Å². The number of carbonyl (C=O) groups is 1. The second-order valence-corrected chi connectivity index (χ2v) is 5.76. The zero-order chi connectivity index (χ0) is 15.2. The Balaban J connectivity index is 2.10. The molecule has 1 amide bonds. The Hall–Kier alpha value is -1.62. The summed E-state index contributed by atoms with van der Waals surface area (Å²) in [5.41, 5.74) is 0.343. The third-order valence-corrected chi connectivity index (χ3v) is 3.99. The molecular weight excluding hydrogens is 266 g/mol. The number of piperidine rings is 1. The summed E-state index contributed by atoms with van der Waals surface area (Å²) in [5, 5.41) is 3.48. The molecule has 2 rings (SSSR count). The highest BCUT2D eigenvalue weighted by Crippen LogP contribution is 2.11. The van der Waals surface area contributed by atoms with Crippen LogP contribution >= 0.6 is 0 Å². The quantitative estimate of drug-likeness (QED) is 0.891. The van der Waals surface area contributed by atoms with Crippen molar-refractivity contribution in [3.8, 4) is 0 Å². The van der Waals surface area contributed by atoms with Crippen LogP contribution in [-0.4, -0.2) is 41.1 Å². The second-order valence-electron chi connectivity index (χ2n) is 5.76. The highest BCUT2D eigenvalue weighted by atomic mass is 16.2. The van der Waals surface area contributed by atoms with E-state index < -0.39 is 0 Å². The van der Waals surface area contributed by atoms with Crippen molar-refractivity contribution in [2.45, 2.75) is 38.6 Å². The molecule has 5 nitrogen and oxygen atoms in total. The van der Waals surface area contributed by atoms with Crippen molar-refractivity contribution in [3.63, 3.8) is 0 Å². The van der Waals surface area contributed by atoms with Crippen molar-refractivity contribution < 1.29 is 4.79 Å². The fourth-order valence-electron chi connectivity index (χ4n) is 2.76. The Morgan fingerprint density at radius 3 is 2.90 bits per heavy atom. The van der Waals surface area contributed by atoms with E-state index in [-0.39, 0.29) is 11.5 Å². The molecule has 1 atom stereocenters. The molecule has 0 aromatic carbocycles. The van der Waals surface area contributed by atoms with Gasteiger partial charge in [0.15, 0.2) is 0 Å². The normalized spacial score (nSPS) is 18.5. The van der Waals surface area contributed by atoms with Crippen molar-refractivity contribution in [2.24, 2.45) is 7.05 Å². The van der Waals surface area contributed by atoms with E-state index in [1.165, 1.54) is 23.5 Å². The minimum Gasteiger partial charge on any atom is -0.337 e. The molecule has 0 radical (unpaired) electrons. The number of pyridine rings is 1. The van der Waals surface area contributed by atoms with E-state index in [1.807, 2.05) is 4.90 Å². The van der Waals surface area contributed by atoms with Crippen LogP contribution in [0.5, 0.6) is 0 Å². The number of amides is 1. The summed E-state index contributed by atoms with van der Waals surface area (Å²) in [7, 11) is 1.69. The van der Waals surface area contributed by atoms with E-state index in [4.69, 9.17) is 0 Å². The van der Waals surface area contributed by atoms with Crippen LogP contribution in [0.15, 0.2) is 23.1 Å². The lowest BCUT2D eigenvalue weighted by Crippen LogP contribution is -2.46. The molecule has 0 spiro atoms. The molecule has 1 unspecified atom stereocenters. The van der Waals surface area contributed by atoms with Gasteiger partial charge >= 0.3 is 0 Å². The largest absolute Gasteiger partial charge is 0.337 e. The van der Waals surface area contributed by atoms with Crippen LogP contribution in [0.3, 0.4) is 0 Å². The first-order chi connectivity index (χ1) is 10.1. The first-order valence-corrected chi connectivity index (χ1v) is 7.81. The maximum absolute atomic E-state index is 12.6. The number of rotatable bonds is 5. The fraction of sp³-hybridized carbons (Fsp3) is 0.625. The lowest BCUT2D eigenvalue weighted by Gasteiger charge is -2.30. The van der Waals surface area contributed by atoms with Crippen molar-refractivity contribution in [3.05, 3.63) is 34.2 Å². The van der Waals surface area contributed by atoms with Gasteiger partial charge in [-0.05, 0) is 31.9 Å². The molecule has 1 aromatic heterocycles. The molecule has 0 saturated carbocycles. The Kier molecular flexibility index (Phi) is 5.56. The smallest absolute Gasteiger partial charge is 0.254 e. The molecule has 2 heterocycles. The van der Waals surface area contributed by atoms with Gasteiger partial charge < -0.3 is 14.8 Å². The standard InChI is InChI=1S/C16H25N3O2/c1-3-9-19(12-14-6-4-5-8-17-14)16(21)13-7-10-18(2)15(20)11-13/h7,10-11,14,17H,3-6,8-9,12H2,1-2H3. The van der Waals surface area contributed by atoms with Crippen LogP contribution in [0.25, 0.3) is 0 Å². The number of hydrogen-bond donors (Lipinski definition) is 1. The number of nitrogens with one attached hydrogen (secondary N) is 1. The summed E-state index contributed by atoms with van der Waals surface area (Å²) >= 11 is 0. The molecule has 0 bridgehead atoms. The van der Waals surface area contributed by atoms with Crippen LogP contribution in [-0.2, 0) is 7.05 Å². The SMILES string of the molecule is CCCN(CC1CCCCN1)C(=O)c1ccn(C)c(=O)c1. The highest BCUT2D eigenvalue weighted by molar-refractivity contribution is 5.94. The van der Waals surface area contributed by atoms with Crippen LogP contribution in [0.2, 0.25) is 0 Å². The number of hydrogen-bond acceptors (Lipinski definition) is 3. The Morgan fingerprint density at radius 1 is 1.48 bits per heavy atom. The van der Waals surface area contributed by atoms with E-state index in [0.717, 1.165) is 32.5 Å². The fourth-order valence-corrected chi connectivity index (χ4v) is 2.76. The minimum absolute atomic E-state index is 0.0399.